The van der Waals surface area contributed by atoms with E-state index >= 15 is 0 Å². The lowest BCUT2D eigenvalue weighted by atomic mass is 10.1. The molecule has 3 rings (SSSR count). The summed E-state index contributed by atoms with van der Waals surface area (Å²) in [6, 6.07) is 7.87. The second kappa shape index (κ2) is 4.23. The summed E-state index contributed by atoms with van der Waals surface area (Å²) in [4.78, 5) is 4.48. The van der Waals surface area contributed by atoms with Gasteiger partial charge in [-0.15, -0.1) is 5.10 Å². The van der Waals surface area contributed by atoms with Gasteiger partial charge < -0.3 is 5.11 Å². The van der Waals surface area contributed by atoms with Crippen LogP contribution in [-0.4, -0.2) is 19.9 Å². The molecule has 1 aromatic carbocycles. The topological polar surface area (TPSA) is 50.9 Å². The molecular weight excluding hydrogens is 282 g/mol. The smallest absolute Gasteiger partial charge is 0.181 e. The van der Waals surface area contributed by atoms with Gasteiger partial charge in [-0.25, -0.2) is 9.67 Å². The highest BCUT2D eigenvalue weighted by molar-refractivity contribution is 9.10. The Morgan fingerprint density at radius 2 is 2.06 bits per heavy atom. The van der Waals surface area contributed by atoms with Crippen molar-refractivity contribution < 1.29 is 5.11 Å². The van der Waals surface area contributed by atoms with Crippen molar-refractivity contribution in [2.45, 2.75) is 25.5 Å². The molecule has 1 aliphatic heterocycles. The van der Waals surface area contributed by atoms with Gasteiger partial charge in [0.2, 0.25) is 0 Å². The number of halogens is 1. The maximum atomic E-state index is 9.82. The predicted octanol–water partition coefficient (Wildman–Crippen LogP) is 2.53. The van der Waals surface area contributed by atoms with Crippen molar-refractivity contribution in [3.05, 3.63) is 34.6 Å². The van der Waals surface area contributed by atoms with E-state index in [9.17, 15) is 5.11 Å². The van der Waals surface area contributed by atoms with E-state index in [0.717, 1.165) is 35.1 Å². The number of fused-ring (bicyclic) bond motifs is 1. The van der Waals surface area contributed by atoms with Crippen LogP contribution in [0.1, 0.15) is 24.9 Å². The number of hydrogen-bond acceptors (Lipinski definition) is 3. The van der Waals surface area contributed by atoms with Gasteiger partial charge in [-0.05, 0) is 25.0 Å². The summed E-state index contributed by atoms with van der Waals surface area (Å²) >= 11 is 3.40. The van der Waals surface area contributed by atoms with Crippen LogP contribution in [-0.2, 0) is 6.42 Å². The Balaban J connectivity index is 2.02. The fourth-order valence-corrected chi connectivity index (χ4v) is 2.32. The fraction of sp³-hybridized carbons (Fsp3) is 0.333. The van der Waals surface area contributed by atoms with Gasteiger partial charge in [-0.1, -0.05) is 28.1 Å². The highest BCUT2D eigenvalue weighted by Crippen LogP contribution is 2.25. The Hall–Kier alpha value is -1.20. The van der Waals surface area contributed by atoms with Crippen molar-refractivity contribution in [1.29, 1.82) is 0 Å². The van der Waals surface area contributed by atoms with Crippen LogP contribution >= 0.6 is 15.9 Å². The molecule has 2 heterocycles. The van der Waals surface area contributed by atoms with Gasteiger partial charge in [0, 0.05) is 16.5 Å². The summed E-state index contributed by atoms with van der Waals surface area (Å²) in [7, 11) is 0. The highest BCUT2D eigenvalue weighted by Gasteiger charge is 2.21. The maximum absolute atomic E-state index is 9.82. The molecule has 1 aliphatic rings. The molecule has 0 bridgehead atoms. The minimum atomic E-state index is -0.518. The first-order chi connectivity index (χ1) is 8.24. The van der Waals surface area contributed by atoms with Crippen LogP contribution < -0.4 is 0 Å². The largest absolute Gasteiger partial charge is 0.372 e. The quantitative estimate of drug-likeness (QED) is 0.879. The Morgan fingerprint density at radius 3 is 2.76 bits per heavy atom. The Labute approximate surface area is 107 Å². The van der Waals surface area contributed by atoms with Crippen LogP contribution in [0.3, 0.4) is 0 Å². The Kier molecular flexibility index (Phi) is 2.72. The zero-order valence-electron chi connectivity index (χ0n) is 9.17. The fourth-order valence-electron chi connectivity index (χ4n) is 2.05. The normalized spacial score (nSPS) is 19.1. The van der Waals surface area contributed by atoms with Crippen molar-refractivity contribution in [1.82, 2.24) is 14.8 Å². The second-order valence-corrected chi connectivity index (χ2v) is 5.09. The third-order valence-corrected chi connectivity index (χ3v) is 3.48. The van der Waals surface area contributed by atoms with Gasteiger partial charge in [0.05, 0.1) is 0 Å². The number of aromatic nitrogens is 3. The first-order valence-electron chi connectivity index (χ1n) is 5.63. The number of aryl methyl sites for hydroxylation is 1. The Morgan fingerprint density at radius 1 is 1.29 bits per heavy atom. The van der Waals surface area contributed by atoms with E-state index in [1.165, 1.54) is 0 Å². The minimum absolute atomic E-state index is 0.518. The predicted molar refractivity (Wildman–Crippen MR) is 67.4 cm³/mol. The second-order valence-electron chi connectivity index (χ2n) is 4.18. The zero-order valence-corrected chi connectivity index (χ0v) is 10.8. The van der Waals surface area contributed by atoms with E-state index < -0.39 is 6.23 Å². The Bertz CT molecular complexity index is 535. The van der Waals surface area contributed by atoms with Crippen molar-refractivity contribution >= 4 is 15.9 Å². The van der Waals surface area contributed by atoms with Crippen molar-refractivity contribution in [2.75, 3.05) is 0 Å². The molecule has 17 heavy (non-hydrogen) atoms. The molecule has 0 aliphatic carbocycles. The number of aliphatic hydroxyl groups excluding tert-OH is 1. The highest BCUT2D eigenvalue weighted by atomic mass is 79.9. The zero-order chi connectivity index (χ0) is 11.8. The van der Waals surface area contributed by atoms with E-state index in [0.29, 0.717) is 5.82 Å². The lowest BCUT2D eigenvalue weighted by molar-refractivity contribution is 0.0648. The lowest BCUT2D eigenvalue weighted by Crippen LogP contribution is -2.18. The molecule has 2 aromatic rings. The molecule has 4 nitrogen and oxygen atoms in total. The van der Waals surface area contributed by atoms with E-state index in [2.05, 4.69) is 26.0 Å². The molecule has 0 radical (unpaired) electrons. The molecule has 88 valence electrons. The van der Waals surface area contributed by atoms with Gasteiger partial charge in [-0.3, -0.25) is 0 Å². The summed E-state index contributed by atoms with van der Waals surface area (Å²) in [5.74, 6) is 1.56. The molecule has 1 N–H and O–H groups in total. The summed E-state index contributed by atoms with van der Waals surface area (Å²) < 4.78 is 2.67. The maximum Gasteiger partial charge on any atom is 0.181 e. The molecule has 1 atom stereocenters. The van der Waals surface area contributed by atoms with Crippen molar-refractivity contribution in [3.8, 4) is 11.4 Å². The first-order valence-corrected chi connectivity index (χ1v) is 6.43. The average molecular weight is 294 g/mol. The van der Waals surface area contributed by atoms with Crippen LogP contribution in [0.2, 0.25) is 0 Å². The summed E-state index contributed by atoms with van der Waals surface area (Å²) in [6.45, 7) is 0. The van der Waals surface area contributed by atoms with Gasteiger partial charge >= 0.3 is 0 Å². The van der Waals surface area contributed by atoms with Gasteiger partial charge in [0.25, 0.3) is 0 Å². The molecule has 0 saturated carbocycles. The molecule has 5 heteroatoms. The van der Waals surface area contributed by atoms with Crippen LogP contribution in [0.25, 0.3) is 11.4 Å². The molecule has 0 spiro atoms. The number of nitrogens with zero attached hydrogens (tertiary/aromatic N) is 3. The third-order valence-electron chi connectivity index (χ3n) is 2.95. The number of benzene rings is 1. The van der Waals surface area contributed by atoms with E-state index in [-0.39, 0.29) is 0 Å². The summed E-state index contributed by atoms with van der Waals surface area (Å²) in [5.41, 5.74) is 0.974. The van der Waals surface area contributed by atoms with Crippen LogP contribution in [0.5, 0.6) is 0 Å². The number of hydrogen-bond donors (Lipinski definition) is 1. The minimum Gasteiger partial charge on any atom is -0.372 e. The molecule has 0 saturated heterocycles. The molecule has 1 unspecified atom stereocenters. The number of rotatable bonds is 1. The molecule has 0 fully saturated rings. The molecule has 0 amide bonds. The van der Waals surface area contributed by atoms with Crippen molar-refractivity contribution in [2.24, 2.45) is 0 Å². The summed E-state index contributed by atoms with van der Waals surface area (Å²) in [5, 5.41) is 14.2. The van der Waals surface area contributed by atoms with Gasteiger partial charge in [0.1, 0.15) is 12.1 Å². The van der Waals surface area contributed by atoms with Crippen LogP contribution in [0, 0.1) is 0 Å². The van der Waals surface area contributed by atoms with Gasteiger partial charge in [0.15, 0.2) is 5.82 Å². The standard InChI is InChI=1S/C12H12BrN3O/c13-9-6-4-8(5-7-9)12-14-10-2-1-3-11(17)16(10)15-12/h4-7,11,17H,1-3H2. The van der Waals surface area contributed by atoms with E-state index in [1.807, 2.05) is 24.3 Å². The monoisotopic (exact) mass is 293 g/mol. The van der Waals surface area contributed by atoms with E-state index in [1.54, 1.807) is 4.68 Å². The first kappa shape index (κ1) is 10.9. The molecule has 1 aromatic heterocycles. The SMILES string of the molecule is OC1CCCc2nc(-c3ccc(Br)cc3)nn21. The van der Waals surface area contributed by atoms with Crippen LogP contribution in [0.4, 0.5) is 0 Å². The average Bonchev–Trinajstić information content (AvgIpc) is 2.75. The van der Waals surface area contributed by atoms with Crippen molar-refractivity contribution in [3.63, 3.8) is 0 Å². The lowest BCUT2D eigenvalue weighted by Gasteiger charge is -2.17. The molecular formula is C12H12BrN3O. The number of aliphatic hydroxyl groups is 1. The van der Waals surface area contributed by atoms with Gasteiger partial charge in [-0.2, -0.15) is 0 Å². The van der Waals surface area contributed by atoms with Crippen LogP contribution in [0.15, 0.2) is 28.7 Å². The summed E-state index contributed by atoms with van der Waals surface area (Å²) in [6.07, 6.45) is 2.10. The third kappa shape index (κ3) is 2.00. The van der Waals surface area contributed by atoms with E-state index in [4.69, 9.17) is 0 Å².